The van der Waals surface area contributed by atoms with Crippen molar-refractivity contribution < 1.29 is 14.3 Å². The Balaban J connectivity index is 1.87. The fraction of sp³-hybridized carbons (Fsp3) is 0.389. The van der Waals surface area contributed by atoms with Gasteiger partial charge in [-0.25, -0.2) is 4.98 Å². The normalized spacial score (nSPS) is 11.0. The zero-order valence-corrected chi connectivity index (χ0v) is 15.5. The number of anilines is 1. The van der Waals surface area contributed by atoms with Crippen LogP contribution in [0.5, 0.6) is 5.75 Å². The molecule has 0 saturated carbocycles. The first-order valence-electron chi connectivity index (χ1n) is 8.18. The highest BCUT2D eigenvalue weighted by Gasteiger charge is 2.07. The molecule has 1 heterocycles. The summed E-state index contributed by atoms with van der Waals surface area (Å²) in [5.41, 5.74) is 4.47. The summed E-state index contributed by atoms with van der Waals surface area (Å²) in [4.78, 5) is 15.7. The molecule has 25 heavy (non-hydrogen) atoms. The Bertz CT molecular complexity index is 713. The SMILES string of the molecule is CCOC(=O)Cc1csc(NN=Cc2cccc(OCC(C)C)c2)n1. The average molecular weight is 361 g/mol. The third-order valence-electron chi connectivity index (χ3n) is 3.00. The van der Waals surface area contributed by atoms with Crippen LogP contribution in [0, 0.1) is 5.92 Å². The molecule has 0 bridgehead atoms. The van der Waals surface area contributed by atoms with Gasteiger partial charge in [-0.3, -0.25) is 10.2 Å². The van der Waals surface area contributed by atoms with Crippen LogP contribution < -0.4 is 10.2 Å². The molecule has 0 aliphatic heterocycles. The summed E-state index contributed by atoms with van der Waals surface area (Å²) in [5, 5.41) is 6.62. The fourth-order valence-electron chi connectivity index (χ4n) is 1.91. The third-order valence-corrected chi connectivity index (χ3v) is 3.79. The number of esters is 1. The molecule has 0 aliphatic rings. The number of hydrazone groups is 1. The van der Waals surface area contributed by atoms with Crippen molar-refractivity contribution in [2.75, 3.05) is 18.6 Å². The molecule has 1 aromatic heterocycles. The molecule has 2 rings (SSSR count). The Morgan fingerprint density at radius 2 is 2.28 bits per heavy atom. The van der Waals surface area contributed by atoms with Gasteiger partial charge >= 0.3 is 5.97 Å². The van der Waals surface area contributed by atoms with Crippen molar-refractivity contribution in [2.45, 2.75) is 27.2 Å². The second-order valence-corrected chi connectivity index (χ2v) is 6.63. The van der Waals surface area contributed by atoms with Crippen LogP contribution in [0.1, 0.15) is 32.0 Å². The number of hydrogen-bond acceptors (Lipinski definition) is 7. The zero-order valence-electron chi connectivity index (χ0n) is 14.7. The van der Waals surface area contributed by atoms with Crippen LogP contribution in [-0.2, 0) is 16.0 Å². The highest BCUT2D eigenvalue weighted by Crippen LogP contribution is 2.16. The maximum absolute atomic E-state index is 11.4. The number of ether oxygens (including phenoxy) is 2. The summed E-state index contributed by atoms with van der Waals surface area (Å²) >= 11 is 1.39. The van der Waals surface area contributed by atoms with Crippen LogP contribution in [0.25, 0.3) is 0 Å². The first-order valence-corrected chi connectivity index (χ1v) is 9.06. The number of nitrogens with one attached hydrogen (secondary N) is 1. The van der Waals surface area contributed by atoms with Crippen LogP contribution in [0.15, 0.2) is 34.7 Å². The minimum Gasteiger partial charge on any atom is -0.493 e. The van der Waals surface area contributed by atoms with E-state index in [1.54, 1.807) is 13.1 Å². The summed E-state index contributed by atoms with van der Waals surface area (Å²) < 4.78 is 10.6. The first-order chi connectivity index (χ1) is 12.1. The molecule has 0 aliphatic carbocycles. The molecule has 0 fully saturated rings. The largest absolute Gasteiger partial charge is 0.493 e. The molecule has 0 atom stereocenters. The van der Waals surface area contributed by atoms with Gasteiger partial charge in [0.1, 0.15) is 5.75 Å². The van der Waals surface area contributed by atoms with Crippen molar-refractivity contribution >= 4 is 28.7 Å². The summed E-state index contributed by atoms with van der Waals surface area (Å²) in [6, 6.07) is 7.73. The molecular formula is C18H23N3O3S. The predicted molar refractivity (Wildman–Crippen MR) is 100 cm³/mol. The number of carbonyl (C=O) groups is 1. The number of aromatic nitrogens is 1. The van der Waals surface area contributed by atoms with Gasteiger partial charge in [0, 0.05) is 5.38 Å². The van der Waals surface area contributed by atoms with Crippen molar-refractivity contribution in [1.29, 1.82) is 0 Å². The second-order valence-electron chi connectivity index (χ2n) is 5.77. The van der Waals surface area contributed by atoms with Crippen LogP contribution in [0.4, 0.5) is 5.13 Å². The smallest absolute Gasteiger partial charge is 0.311 e. The summed E-state index contributed by atoms with van der Waals surface area (Å²) in [6.07, 6.45) is 1.87. The number of thiazole rings is 1. The standard InChI is InChI=1S/C18H23N3O3S/c1-4-23-17(22)9-15-12-25-18(20-15)21-19-10-14-6-5-7-16(8-14)24-11-13(2)3/h5-8,10,12-13H,4,9,11H2,1-3H3,(H,20,21). The topological polar surface area (TPSA) is 72.8 Å². The molecule has 6 nitrogen and oxygen atoms in total. The fourth-order valence-corrected chi connectivity index (χ4v) is 2.57. The number of benzene rings is 1. The van der Waals surface area contributed by atoms with E-state index in [2.05, 4.69) is 29.4 Å². The number of rotatable bonds is 9. The van der Waals surface area contributed by atoms with E-state index in [-0.39, 0.29) is 12.4 Å². The van der Waals surface area contributed by atoms with Gasteiger partial charge in [0.2, 0.25) is 5.13 Å². The molecular weight excluding hydrogens is 338 g/mol. The minimum absolute atomic E-state index is 0.172. The molecule has 7 heteroatoms. The molecule has 0 radical (unpaired) electrons. The summed E-state index contributed by atoms with van der Waals surface area (Å²) in [7, 11) is 0. The van der Waals surface area contributed by atoms with E-state index in [1.165, 1.54) is 11.3 Å². The van der Waals surface area contributed by atoms with Gasteiger partial charge in [0.15, 0.2) is 0 Å². The molecule has 0 saturated heterocycles. The number of nitrogens with zero attached hydrogens (tertiary/aromatic N) is 2. The lowest BCUT2D eigenvalue weighted by Gasteiger charge is -2.08. The monoisotopic (exact) mass is 361 g/mol. The van der Waals surface area contributed by atoms with Gasteiger partial charge in [-0.15, -0.1) is 11.3 Å². The van der Waals surface area contributed by atoms with Gasteiger partial charge < -0.3 is 9.47 Å². The zero-order chi connectivity index (χ0) is 18.1. The lowest BCUT2D eigenvalue weighted by Crippen LogP contribution is -2.07. The van der Waals surface area contributed by atoms with Crippen molar-refractivity contribution in [3.63, 3.8) is 0 Å². The van der Waals surface area contributed by atoms with Crippen LogP contribution in [-0.4, -0.2) is 30.4 Å². The molecule has 2 aromatic rings. The Hall–Kier alpha value is -2.41. The molecule has 0 spiro atoms. The molecule has 0 amide bonds. The van der Waals surface area contributed by atoms with Gasteiger partial charge in [0.25, 0.3) is 0 Å². The quantitative estimate of drug-likeness (QED) is 0.418. The predicted octanol–water partition coefficient (Wildman–Crippen LogP) is 3.73. The van der Waals surface area contributed by atoms with Crippen molar-refractivity contribution in [3.05, 3.63) is 40.9 Å². The highest BCUT2D eigenvalue weighted by atomic mass is 32.1. The van der Waals surface area contributed by atoms with Crippen molar-refractivity contribution in [1.82, 2.24) is 4.98 Å². The minimum atomic E-state index is -0.277. The maximum Gasteiger partial charge on any atom is 0.311 e. The lowest BCUT2D eigenvalue weighted by molar-refractivity contribution is -0.142. The number of hydrogen-bond donors (Lipinski definition) is 1. The second kappa shape index (κ2) is 9.78. The molecule has 1 aromatic carbocycles. The van der Waals surface area contributed by atoms with E-state index in [0.29, 0.717) is 30.0 Å². The third kappa shape index (κ3) is 6.93. The van der Waals surface area contributed by atoms with E-state index in [0.717, 1.165) is 11.3 Å². The van der Waals surface area contributed by atoms with E-state index in [9.17, 15) is 4.79 Å². The van der Waals surface area contributed by atoms with Crippen LogP contribution >= 0.6 is 11.3 Å². The highest BCUT2D eigenvalue weighted by molar-refractivity contribution is 7.13. The van der Waals surface area contributed by atoms with E-state index in [1.807, 2.05) is 29.6 Å². The van der Waals surface area contributed by atoms with Crippen LogP contribution in [0.3, 0.4) is 0 Å². The van der Waals surface area contributed by atoms with Crippen molar-refractivity contribution in [2.24, 2.45) is 11.0 Å². The van der Waals surface area contributed by atoms with E-state index in [4.69, 9.17) is 9.47 Å². The molecule has 0 unspecified atom stereocenters. The Kier molecular flexibility index (Phi) is 7.40. The maximum atomic E-state index is 11.4. The van der Waals surface area contributed by atoms with Crippen molar-refractivity contribution in [3.8, 4) is 5.75 Å². The molecule has 134 valence electrons. The van der Waals surface area contributed by atoms with Crippen LogP contribution in [0.2, 0.25) is 0 Å². The van der Waals surface area contributed by atoms with Gasteiger partial charge in [-0.05, 0) is 30.5 Å². The lowest BCUT2D eigenvalue weighted by atomic mass is 10.2. The Morgan fingerprint density at radius 3 is 3.04 bits per heavy atom. The summed E-state index contributed by atoms with van der Waals surface area (Å²) in [6.45, 7) is 7.06. The number of carbonyl (C=O) groups excluding carboxylic acids is 1. The van der Waals surface area contributed by atoms with Gasteiger partial charge in [0.05, 0.1) is 31.5 Å². The first kappa shape index (κ1) is 18.9. The van der Waals surface area contributed by atoms with E-state index >= 15 is 0 Å². The average Bonchev–Trinajstić information content (AvgIpc) is 3.01. The Morgan fingerprint density at radius 1 is 1.44 bits per heavy atom. The van der Waals surface area contributed by atoms with Gasteiger partial charge in [-0.1, -0.05) is 26.0 Å². The summed E-state index contributed by atoms with van der Waals surface area (Å²) in [5.74, 6) is 1.03. The molecule has 1 N–H and O–H groups in total. The van der Waals surface area contributed by atoms with Gasteiger partial charge in [-0.2, -0.15) is 5.10 Å². The van der Waals surface area contributed by atoms with E-state index < -0.39 is 0 Å². The Labute approximate surface area is 151 Å².